The maximum atomic E-state index is 12.5. The Balaban J connectivity index is 3.14. The van der Waals surface area contributed by atoms with E-state index in [1.807, 2.05) is 0 Å². The molecule has 0 aromatic carbocycles. The molecule has 2 N–H and O–H groups in total. The summed E-state index contributed by atoms with van der Waals surface area (Å²) in [4.78, 5) is 14.8. The van der Waals surface area contributed by atoms with Crippen LogP contribution >= 0.6 is 0 Å². The smallest absolute Gasteiger partial charge is 0.311 e. The highest BCUT2D eigenvalue weighted by Gasteiger charge is 2.18. The predicted molar refractivity (Wildman–Crippen MR) is 55.9 cm³/mol. The molecule has 7 heteroatoms. The minimum absolute atomic E-state index is 0.0832. The van der Waals surface area contributed by atoms with Crippen molar-refractivity contribution in [2.24, 2.45) is 0 Å². The van der Waals surface area contributed by atoms with Gasteiger partial charge in [0.2, 0.25) is 0 Å². The van der Waals surface area contributed by atoms with E-state index in [4.69, 9.17) is 10.5 Å². The molecular weight excluding hydrogens is 234 g/mol. The van der Waals surface area contributed by atoms with E-state index < -0.39 is 18.0 Å². The zero-order chi connectivity index (χ0) is 13.0. The van der Waals surface area contributed by atoms with Crippen molar-refractivity contribution in [3.8, 4) is 5.75 Å². The summed E-state index contributed by atoms with van der Waals surface area (Å²) in [5, 5.41) is 0. The van der Waals surface area contributed by atoms with E-state index in [-0.39, 0.29) is 23.7 Å². The molecule has 0 bridgehead atoms. The topological polar surface area (TPSA) is 74.4 Å². The molecule has 0 aliphatic carbocycles. The van der Waals surface area contributed by atoms with E-state index in [9.17, 15) is 13.6 Å². The largest absolute Gasteiger partial charge is 0.495 e. The lowest BCUT2D eigenvalue weighted by Crippen LogP contribution is -2.10. The lowest BCUT2D eigenvalue weighted by Gasteiger charge is -2.11. The van der Waals surface area contributed by atoms with Crippen molar-refractivity contribution in [2.75, 3.05) is 20.0 Å². The monoisotopic (exact) mass is 246 g/mol. The molecule has 0 radical (unpaired) electrons. The van der Waals surface area contributed by atoms with Crippen LogP contribution in [-0.4, -0.2) is 25.2 Å². The number of halogens is 2. The summed E-state index contributed by atoms with van der Waals surface area (Å²) < 4.78 is 34.4. The van der Waals surface area contributed by atoms with E-state index >= 15 is 0 Å². The first-order valence-electron chi connectivity index (χ1n) is 4.67. The Morgan fingerprint density at radius 3 is 2.65 bits per heavy atom. The molecule has 94 valence electrons. The van der Waals surface area contributed by atoms with Gasteiger partial charge in [0.25, 0.3) is 6.43 Å². The molecule has 1 heterocycles. The third-order valence-corrected chi connectivity index (χ3v) is 2.12. The van der Waals surface area contributed by atoms with Gasteiger partial charge in [-0.1, -0.05) is 0 Å². The number of carbonyl (C=O) groups is 1. The summed E-state index contributed by atoms with van der Waals surface area (Å²) in [5.41, 5.74) is 5.11. The van der Waals surface area contributed by atoms with Crippen molar-refractivity contribution in [3.05, 3.63) is 17.3 Å². The molecule has 1 aromatic rings. The number of esters is 1. The maximum absolute atomic E-state index is 12.5. The van der Waals surface area contributed by atoms with Crippen LogP contribution in [0.25, 0.3) is 0 Å². The van der Waals surface area contributed by atoms with Gasteiger partial charge in [-0.25, -0.2) is 13.8 Å². The van der Waals surface area contributed by atoms with Gasteiger partial charge in [-0.05, 0) is 6.07 Å². The Morgan fingerprint density at radius 1 is 1.53 bits per heavy atom. The van der Waals surface area contributed by atoms with Crippen LogP contribution < -0.4 is 10.5 Å². The fraction of sp³-hybridized carbons (Fsp3) is 0.400. The fourth-order valence-electron chi connectivity index (χ4n) is 1.25. The number of nitrogens with zero attached hydrogens (tertiary/aromatic N) is 1. The van der Waals surface area contributed by atoms with Crippen molar-refractivity contribution in [1.82, 2.24) is 4.98 Å². The van der Waals surface area contributed by atoms with Crippen molar-refractivity contribution < 1.29 is 23.0 Å². The van der Waals surface area contributed by atoms with E-state index in [0.717, 1.165) is 6.07 Å². The van der Waals surface area contributed by atoms with Crippen LogP contribution in [0.5, 0.6) is 5.75 Å². The van der Waals surface area contributed by atoms with Gasteiger partial charge in [-0.3, -0.25) is 4.79 Å². The summed E-state index contributed by atoms with van der Waals surface area (Å²) in [6, 6.07) is 1.07. The average Bonchev–Trinajstić information content (AvgIpc) is 2.28. The fourth-order valence-corrected chi connectivity index (χ4v) is 1.25. The van der Waals surface area contributed by atoms with Crippen LogP contribution in [0.1, 0.15) is 17.7 Å². The summed E-state index contributed by atoms with van der Waals surface area (Å²) in [6.45, 7) is 0. The number of anilines is 1. The zero-order valence-electron chi connectivity index (χ0n) is 9.37. The van der Waals surface area contributed by atoms with Gasteiger partial charge >= 0.3 is 5.97 Å². The highest BCUT2D eigenvalue weighted by atomic mass is 19.3. The summed E-state index contributed by atoms with van der Waals surface area (Å²) in [6.07, 6.45) is -2.93. The van der Waals surface area contributed by atoms with Gasteiger partial charge in [-0.15, -0.1) is 0 Å². The number of hydrogen-bond donors (Lipinski definition) is 1. The van der Waals surface area contributed by atoms with Gasteiger partial charge in [-0.2, -0.15) is 0 Å². The van der Waals surface area contributed by atoms with Crippen molar-refractivity contribution in [3.63, 3.8) is 0 Å². The Bertz CT molecular complexity index is 424. The number of alkyl halides is 2. The van der Waals surface area contributed by atoms with E-state index in [1.54, 1.807) is 0 Å². The van der Waals surface area contributed by atoms with Crippen molar-refractivity contribution in [1.29, 1.82) is 0 Å². The number of carbonyl (C=O) groups excluding carboxylic acids is 1. The minimum Gasteiger partial charge on any atom is -0.495 e. The number of nitrogen functional groups attached to an aromatic ring is 1. The third kappa shape index (κ3) is 3.02. The first-order chi connectivity index (χ1) is 7.99. The number of aromatic nitrogens is 1. The molecule has 0 amide bonds. The molecule has 1 aromatic heterocycles. The number of hydrogen-bond acceptors (Lipinski definition) is 5. The number of ether oxygens (including phenoxy) is 2. The van der Waals surface area contributed by atoms with Gasteiger partial charge in [0.1, 0.15) is 11.6 Å². The molecule has 0 saturated carbocycles. The predicted octanol–water partition coefficient (Wildman–Crippen LogP) is 1.33. The number of rotatable bonds is 4. The second-order valence-corrected chi connectivity index (χ2v) is 3.17. The molecule has 0 atom stereocenters. The molecule has 0 aliphatic rings. The average molecular weight is 246 g/mol. The van der Waals surface area contributed by atoms with Crippen molar-refractivity contribution in [2.45, 2.75) is 12.8 Å². The van der Waals surface area contributed by atoms with Crippen LogP contribution in [0.3, 0.4) is 0 Å². The van der Waals surface area contributed by atoms with Crippen LogP contribution in [0, 0.1) is 0 Å². The van der Waals surface area contributed by atoms with Crippen molar-refractivity contribution >= 4 is 11.8 Å². The first kappa shape index (κ1) is 13.1. The van der Waals surface area contributed by atoms with Gasteiger partial charge in [0.15, 0.2) is 0 Å². The Morgan fingerprint density at radius 2 is 2.18 bits per heavy atom. The summed E-state index contributed by atoms with van der Waals surface area (Å²) in [7, 11) is 2.51. The summed E-state index contributed by atoms with van der Waals surface area (Å²) in [5.74, 6) is -0.792. The Hall–Kier alpha value is -1.92. The van der Waals surface area contributed by atoms with Crippen LogP contribution in [0.4, 0.5) is 14.6 Å². The first-order valence-corrected chi connectivity index (χ1v) is 4.67. The second kappa shape index (κ2) is 5.42. The van der Waals surface area contributed by atoms with Crippen LogP contribution in [-0.2, 0) is 16.0 Å². The molecular formula is C10H12F2N2O3. The molecule has 0 saturated heterocycles. The van der Waals surface area contributed by atoms with Gasteiger partial charge in [0, 0.05) is 0 Å². The van der Waals surface area contributed by atoms with Gasteiger partial charge in [0.05, 0.1) is 31.9 Å². The molecule has 5 nitrogen and oxygen atoms in total. The lowest BCUT2D eigenvalue weighted by molar-refractivity contribution is -0.139. The quantitative estimate of drug-likeness (QED) is 0.811. The molecule has 0 fully saturated rings. The highest BCUT2D eigenvalue weighted by Crippen LogP contribution is 2.29. The number of nitrogens with two attached hydrogens (primary N) is 1. The lowest BCUT2D eigenvalue weighted by atomic mass is 10.2. The van der Waals surface area contributed by atoms with Crippen LogP contribution in [0.15, 0.2) is 6.07 Å². The highest BCUT2D eigenvalue weighted by molar-refractivity contribution is 5.73. The molecule has 0 unspecified atom stereocenters. The Labute approximate surface area is 96.5 Å². The van der Waals surface area contributed by atoms with E-state index in [2.05, 4.69) is 9.72 Å². The number of pyridine rings is 1. The zero-order valence-corrected chi connectivity index (χ0v) is 9.37. The summed E-state index contributed by atoms with van der Waals surface area (Å²) >= 11 is 0. The third-order valence-electron chi connectivity index (χ3n) is 2.12. The molecule has 0 spiro atoms. The molecule has 1 rings (SSSR count). The standard InChI is InChI=1S/C10H12F2N2O3/c1-16-7-3-5(9(11)12)10(13)14-6(7)4-8(15)17-2/h3,9H,4H2,1-2H3,(H2,13,14). The normalized spacial score (nSPS) is 10.4. The number of methoxy groups -OCH3 is 2. The maximum Gasteiger partial charge on any atom is 0.311 e. The SMILES string of the molecule is COC(=O)Cc1nc(N)c(C(F)F)cc1OC. The Kier molecular flexibility index (Phi) is 4.19. The minimum atomic E-state index is -2.75. The molecule has 0 aliphatic heterocycles. The van der Waals surface area contributed by atoms with E-state index in [0.29, 0.717) is 0 Å². The second-order valence-electron chi connectivity index (χ2n) is 3.17. The van der Waals surface area contributed by atoms with Crippen LogP contribution in [0.2, 0.25) is 0 Å². The van der Waals surface area contributed by atoms with Gasteiger partial charge < -0.3 is 15.2 Å². The molecule has 17 heavy (non-hydrogen) atoms. The van der Waals surface area contributed by atoms with E-state index in [1.165, 1.54) is 14.2 Å².